The molecule has 1 N–H and O–H groups in total. The molecule has 0 spiro atoms. The number of alkyl halides is 3. The van der Waals surface area contributed by atoms with Crippen molar-refractivity contribution in [2.24, 2.45) is 11.8 Å². The molecule has 1 saturated heterocycles. The molecule has 30 heavy (non-hydrogen) atoms. The van der Waals surface area contributed by atoms with Gasteiger partial charge in [0.05, 0.1) is 17.0 Å². The van der Waals surface area contributed by atoms with E-state index in [0.717, 1.165) is 31.9 Å². The largest absolute Gasteiger partial charge is 0.418 e. The van der Waals surface area contributed by atoms with Crippen molar-refractivity contribution in [1.29, 1.82) is 0 Å². The van der Waals surface area contributed by atoms with E-state index in [9.17, 15) is 21.6 Å². The molecule has 1 aliphatic rings. The first-order valence-corrected chi connectivity index (χ1v) is 11.8. The molecule has 2 atom stereocenters. The lowest BCUT2D eigenvalue weighted by Gasteiger charge is -2.38. The number of fused-ring (bicyclic) bond motifs is 1. The van der Waals surface area contributed by atoms with Gasteiger partial charge in [0.15, 0.2) is 0 Å². The van der Waals surface area contributed by atoms with Crippen LogP contribution in [0.2, 0.25) is 0 Å². The normalized spacial score (nSPS) is 20.6. The highest BCUT2D eigenvalue weighted by atomic mass is 32.2. The number of halogens is 3. The second kappa shape index (κ2) is 9.05. The number of benzene rings is 1. The summed E-state index contributed by atoms with van der Waals surface area (Å²) in [7, 11) is -3.20. The Morgan fingerprint density at radius 1 is 1.17 bits per heavy atom. The summed E-state index contributed by atoms with van der Waals surface area (Å²) in [5, 5.41) is 0. The van der Waals surface area contributed by atoms with E-state index in [1.807, 2.05) is 0 Å². The highest BCUT2D eigenvalue weighted by molar-refractivity contribution is 7.89. The molecule has 10 heteroatoms. The van der Waals surface area contributed by atoms with Gasteiger partial charge in [-0.2, -0.15) is 13.2 Å². The molecule has 2 aromatic rings. The molecule has 2 heterocycles. The zero-order valence-corrected chi connectivity index (χ0v) is 17.9. The quantitative estimate of drug-likeness (QED) is 0.657. The maximum absolute atomic E-state index is 13.4. The van der Waals surface area contributed by atoms with E-state index in [0.29, 0.717) is 30.6 Å². The number of nitrogens with zero attached hydrogens (tertiary/aromatic N) is 3. The van der Waals surface area contributed by atoms with Crippen LogP contribution in [0.3, 0.4) is 0 Å². The summed E-state index contributed by atoms with van der Waals surface area (Å²) in [5.74, 6) is 0.752. The fourth-order valence-corrected chi connectivity index (χ4v) is 4.79. The van der Waals surface area contributed by atoms with Crippen LogP contribution in [0.25, 0.3) is 11.0 Å². The Labute approximate surface area is 174 Å². The predicted molar refractivity (Wildman–Crippen MR) is 111 cm³/mol. The van der Waals surface area contributed by atoms with Crippen LogP contribution in [-0.2, 0) is 16.2 Å². The second-order valence-corrected chi connectivity index (χ2v) is 10.0. The fourth-order valence-electron chi connectivity index (χ4n) is 4.13. The van der Waals surface area contributed by atoms with Gasteiger partial charge in [0.2, 0.25) is 10.0 Å². The fraction of sp³-hybridized carbons (Fsp3) is 0.600. The number of hydrogen-bond donors (Lipinski definition) is 1. The molecule has 1 aromatic heterocycles. The predicted octanol–water partition coefficient (Wildman–Crippen LogP) is 3.83. The highest BCUT2D eigenvalue weighted by Gasteiger charge is 2.35. The zero-order chi connectivity index (χ0) is 21.9. The van der Waals surface area contributed by atoms with Crippen molar-refractivity contribution >= 4 is 26.7 Å². The minimum absolute atomic E-state index is 0.0588. The summed E-state index contributed by atoms with van der Waals surface area (Å²) in [4.78, 5) is 10.3. The van der Waals surface area contributed by atoms with Crippen LogP contribution in [0.15, 0.2) is 24.5 Å². The van der Waals surface area contributed by atoms with Gasteiger partial charge in [0.1, 0.15) is 11.0 Å². The summed E-state index contributed by atoms with van der Waals surface area (Å²) in [6, 6.07) is 2.57. The summed E-state index contributed by atoms with van der Waals surface area (Å²) in [6.07, 6.45) is 0.768. The number of hydrogen-bond acceptors (Lipinski definition) is 5. The van der Waals surface area contributed by atoms with Gasteiger partial charge in [0.25, 0.3) is 0 Å². The third-order valence-electron chi connectivity index (χ3n) is 5.49. The van der Waals surface area contributed by atoms with Crippen molar-refractivity contribution < 1.29 is 21.6 Å². The SMILES string of the molecule is CCS(=O)(=O)NCCC[C@@H]1C[C@H](C)CN(c2ccc(C(F)(F)F)c3nccnc23)C1. The maximum Gasteiger partial charge on any atom is 0.418 e. The minimum atomic E-state index is -4.49. The molecule has 0 amide bonds. The number of aromatic nitrogens is 2. The minimum Gasteiger partial charge on any atom is -0.369 e. The molecule has 0 aliphatic carbocycles. The standard InChI is InChI=1S/C20H27F3N4O2S/c1-3-30(28,29)26-8-4-5-15-11-14(2)12-27(13-15)17-7-6-16(20(21,22)23)18-19(17)25-10-9-24-18/h6-7,9-10,14-15,26H,3-5,8,11-13H2,1-2H3/t14-,15+/m0/s1. The molecule has 0 saturated carbocycles. The smallest absolute Gasteiger partial charge is 0.369 e. The van der Waals surface area contributed by atoms with E-state index in [2.05, 4.69) is 26.5 Å². The monoisotopic (exact) mass is 444 g/mol. The Balaban J connectivity index is 1.76. The Morgan fingerprint density at radius 2 is 1.87 bits per heavy atom. The molecule has 166 valence electrons. The average Bonchev–Trinajstić information content (AvgIpc) is 2.69. The number of piperidine rings is 1. The van der Waals surface area contributed by atoms with Crippen LogP contribution >= 0.6 is 0 Å². The lowest BCUT2D eigenvalue weighted by molar-refractivity contribution is -0.136. The van der Waals surface area contributed by atoms with Gasteiger partial charge in [-0.25, -0.2) is 13.1 Å². The van der Waals surface area contributed by atoms with E-state index in [-0.39, 0.29) is 16.8 Å². The molecular weight excluding hydrogens is 417 g/mol. The Hall–Kier alpha value is -1.94. The van der Waals surface area contributed by atoms with E-state index < -0.39 is 21.8 Å². The van der Waals surface area contributed by atoms with Crippen LogP contribution < -0.4 is 9.62 Å². The summed E-state index contributed by atoms with van der Waals surface area (Å²) < 4.78 is 65.8. The van der Waals surface area contributed by atoms with E-state index in [4.69, 9.17) is 0 Å². The zero-order valence-electron chi connectivity index (χ0n) is 17.1. The second-order valence-electron chi connectivity index (χ2n) is 7.94. The van der Waals surface area contributed by atoms with Gasteiger partial charge >= 0.3 is 6.18 Å². The first-order chi connectivity index (χ1) is 14.1. The van der Waals surface area contributed by atoms with Crippen molar-refractivity contribution in [3.8, 4) is 0 Å². The lowest BCUT2D eigenvalue weighted by Crippen LogP contribution is -2.40. The van der Waals surface area contributed by atoms with Crippen molar-refractivity contribution in [3.63, 3.8) is 0 Å². The van der Waals surface area contributed by atoms with Crippen LogP contribution in [0.1, 0.15) is 38.7 Å². The van der Waals surface area contributed by atoms with Gasteiger partial charge in [0, 0.05) is 32.0 Å². The van der Waals surface area contributed by atoms with Gasteiger partial charge in [-0.15, -0.1) is 0 Å². The Morgan fingerprint density at radius 3 is 2.53 bits per heavy atom. The summed E-state index contributed by atoms with van der Waals surface area (Å²) in [6.45, 7) is 5.55. The number of nitrogens with one attached hydrogen (secondary N) is 1. The molecule has 0 unspecified atom stereocenters. The van der Waals surface area contributed by atoms with Crippen molar-refractivity contribution in [3.05, 3.63) is 30.1 Å². The highest BCUT2D eigenvalue weighted by Crippen LogP contribution is 2.38. The third kappa shape index (κ3) is 5.40. The maximum atomic E-state index is 13.4. The van der Waals surface area contributed by atoms with Gasteiger partial charge in [-0.1, -0.05) is 6.92 Å². The molecule has 1 aromatic carbocycles. The third-order valence-corrected chi connectivity index (χ3v) is 6.89. The van der Waals surface area contributed by atoms with Gasteiger partial charge in [-0.3, -0.25) is 9.97 Å². The molecule has 3 rings (SSSR count). The molecule has 0 bridgehead atoms. The van der Waals surface area contributed by atoms with Crippen molar-refractivity contribution in [2.45, 2.75) is 39.3 Å². The average molecular weight is 445 g/mol. The van der Waals surface area contributed by atoms with Crippen LogP contribution in [0.4, 0.5) is 18.9 Å². The van der Waals surface area contributed by atoms with E-state index >= 15 is 0 Å². The lowest BCUT2D eigenvalue weighted by atomic mass is 9.87. The Bertz CT molecular complexity index is 982. The van der Waals surface area contributed by atoms with E-state index in [1.165, 1.54) is 18.5 Å². The van der Waals surface area contributed by atoms with Crippen LogP contribution in [0, 0.1) is 11.8 Å². The first-order valence-electron chi connectivity index (χ1n) is 10.1. The van der Waals surface area contributed by atoms with Crippen molar-refractivity contribution in [1.82, 2.24) is 14.7 Å². The first kappa shape index (κ1) is 22.7. The Kier molecular flexibility index (Phi) is 6.86. The topological polar surface area (TPSA) is 75.2 Å². The van der Waals surface area contributed by atoms with Gasteiger partial charge in [-0.05, 0) is 50.2 Å². The van der Waals surface area contributed by atoms with Crippen LogP contribution in [0.5, 0.6) is 0 Å². The summed E-state index contributed by atoms with van der Waals surface area (Å²) in [5.41, 5.74) is 0.00984. The number of anilines is 1. The summed E-state index contributed by atoms with van der Waals surface area (Å²) >= 11 is 0. The van der Waals surface area contributed by atoms with Crippen molar-refractivity contribution in [2.75, 3.05) is 30.3 Å². The molecular formula is C20H27F3N4O2S. The molecule has 1 fully saturated rings. The van der Waals surface area contributed by atoms with Crippen LogP contribution in [-0.4, -0.2) is 43.8 Å². The molecule has 0 radical (unpaired) electrons. The molecule has 1 aliphatic heterocycles. The van der Waals surface area contributed by atoms with E-state index in [1.54, 1.807) is 6.92 Å². The molecule has 6 nitrogen and oxygen atoms in total. The van der Waals surface area contributed by atoms with Gasteiger partial charge < -0.3 is 4.90 Å². The number of rotatable bonds is 7. The number of sulfonamides is 1.